The van der Waals surface area contributed by atoms with Crippen molar-refractivity contribution in [3.05, 3.63) is 114 Å². The molecular formula is C46H52N8O7. The van der Waals surface area contributed by atoms with E-state index in [0.717, 1.165) is 58.1 Å². The Morgan fingerprint density at radius 2 is 1.74 bits per heavy atom. The highest BCUT2D eigenvalue weighted by atomic mass is 16.6. The van der Waals surface area contributed by atoms with Crippen molar-refractivity contribution in [3.63, 3.8) is 0 Å². The largest absolute Gasteiger partial charge is 0.480 e. The van der Waals surface area contributed by atoms with Crippen LogP contribution in [0.2, 0.25) is 0 Å². The number of nitrogens with one attached hydrogen (secondary N) is 3. The molecule has 3 atom stereocenters. The lowest BCUT2D eigenvalue weighted by atomic mass is 9.78. The number of benzene rings is 2. The summed E-state index contributed by atoms with van der Waals surface area (Å²) in [5, 5.41) is 24.7. The Morgan fingerprint density at radius 1 is 0.918 bits per heavy atom. The van der Waals surface area contributed by atoms with Crippen LogP contribution < -0.4 is 16.0 Å². The Balaban J connectivity index is 0.915. The van der Waals surface area contributed by atoms with Gasteiger partial charge in [-0.05, 0) is 97.2 Å². The summed E-state index contributed by atoms with van der Waals surface area (Å²) in [7, 11) is 0. The molecule has 0 fully saturated rings. The third-order valence-electron chi connectivity index (χ3n) is 11.7. The van der Waals surface area contributed by atoms with Crippen molar-refractivity contribution in [1.29, 1.82) is 0 Å². The monoisotopic (exact) mass is 828 g/mol. The number of rotatable bonds is 14. The van der Waals surface area contributed by atoms with E-state index in [1.807, 2.05) is 79.7 Å². The van der Waals surface area contributed by atoms with Crippen LogP contribution in [-0.2, 0) is 32.2 Å². The van der Waals surface area contributed by atoms with Crippen molar-refractivity contribution in [2.45, 2.75) is 89.8 Å². The van der Waals surface area contributed by atoms with Gasteiger partial charge in [0.05, 0.1) is 17.1 Å². The summed E-state index contributed by atoms with van der Waals surface area (Å²) < 4.78 is 5.64. The van der Waals surface area contributed by atoms with Crippen LogP contribution in [-0.4, -0.2) is 86.3 Å². The fraction of sp³-hybridized carbons (Fsp3) is 0.391. The number of nitrogens with zero attached hydrogens (tertiary/aromatic N) is 5. The van der Waals surface area contributed by atoms with Gasteiger partial charge in [-0.2, -0.15) is 5.10 Å². The van der Waals surface area contributed by atoms with Gasteiger partial charge in [0.1, 0.15) is 12.6 Å². The number of aliphatic carboxylic acids is 1. The molecule has 5 amide bonds. The number of amides is 5. The van der Waals surface area contributed by atoms with Crippen LogP contribution in [0.3, 0.4) is 0 Å². The zero-order valence-electron chi connectivity index (χ0n) is 34.3. The number of pyridine rings is 2. The number of ether oxygens (including phenoxy) is 1. The highest BCUT2D eigenvalue weighted by Crippen LogP contribution is 2.35. The molecule has 0 saturated carbocycles. The Hall–Kier alpha value is -6.64. The second-order valence-electron chi connectivity index (χ2n) is 16.1. The number of fused-ring (bicyclic) bond motifs is 2. The average Bonchev–Trinajstić information content (AvgIpc) is 3.71. The van der Waals surface area contributed by atoms with E-state index in [0.29, 0.717) is 70.4 Å². The van der Waals surface area contributed by atoms with Crippen molar-refractivity contribution < 1.29 is 33.8 Å². The fourth-order valence-corrected chi connectivity index (χ4v) is 8.15. The number of urea groups is 1. The van der Waals surface area contributed by atoms with Gasteiger partial charge in [0, 0.05) is 67.7 Å². The van der Waals surface area contributed by atoms with Gasteiger partial charge >= 0.3 is 18.1 Å². The maximum Gasteiger partial charge on any atom is 0.407 e. The quantitative estimate of drug-likeness (QED) is 0.0773. The fourth-order valence-electron chi connectivity index (χ4n) is 8.15. The van der Waals surface area contributed by atoms with Gasteiger partial charge in [0.25, 0.3) is 5.91 Å². The molecule has 1 unspecified atom stereocenters. The first kappa shape index (κ1) is 42.5. The van der Waals surface area contributed by atoms with Crippen LogP contribution in [0.4, 0.5) is 15.3 Å². The highest BCUT2D eigenvalue weighted by molar-refractivity contribution is 6.07. The molecule has 318 valence electrons. The van der Waals surface area contributed by atoms with E-state index < -0.39 is 36.0 Å². The first-order valence-electron chi connectivity index (χ1n) is 21.0. The zero-order valence-corrected chi connectivity index (χ0v) is 34.3. The smallest absolute Gasteiger partial charge is 0.407 e. The van der Waals surface area contributed by atoms with Crippen molar-refractivity contribution in [3.8, 4) is 0 Å². The van der Waals surface area contributed by atoms with E-state index in [9.17, 15) is 24.0 Å². The number of carboxylic acids is 1. The van der Waals surface area contributed by atoms with Gasteiger partial charge in [-0.15, -0.1) is 0 Å². The van der Waals surface area contributed by atoms with E-state index in [2.05, 4.69) is 25.9 Å². The molecule has 0 saturated heterocycles. The molecule has 4 heterocycles. The summed E-state index contributed by atoms with van der Waals surface area (Å²) in [5.74, 6) is -1.95. The number of carbonyl (C=O) groups is 5. The molecule has 0 bridgehead atoms. The lowest BCUT2D eigenvalue weighted by molar-refractivity contribution is -0.140. The minimum absolute atomic E-state index is 0.0697. The van der Waals surface area contributed by atoms with Crippen LogP contribution in [0, 0.1) is 5.41 Å². The number of carbonyl (C=O) groups excluding carboxylic acids is 4. The number of carboxylic acid groups (broad SMARTS) is 1. The van der Waals surface area contributed by atoms with Gasteiger partial charge in [-0.25, -0.2) is 14.6 Å². The minimum Gasteiger partial charge on any atom is -0.480 e. The molecule has 2 aliphatic heterocycles. The van der Waals surface area contributed by atoms with Crippen molar-refractivity contribution >= 4 is 52.2 Å². The topological polar surface area (TPSA) is 196 Å². The minimum atomic E-state index is -1.10. The Morgan fingerprint density at radius 3 is 2.56 bits per heavy atom. The number of allylic oxidation sites excluding steroid dienone is 1. The number of aromatic nitrogens is 2. The summed E-state index contributed by atoms with van der Waals surface area (Å²) in [5.41, 5.74) is 5.41. The van der Waals surface area contributed by atoms with Gasteiger partial charge in [-0.3, -0.25) is 24.4 Å². The molecule has 61 heavy (non-hydrogen) atoms. The van der Waals surface area contributed by atoms with Gasteiger partial charge in [0.15, 0.2) is 0 Å². The predicted octanol–water partition coefficient (Wildman–Crippen LogP) is 6.89. The molecule has 0 spiro atoms. The van der Waals surface area contributed by atoms with Crippen molar-refractivity contribution in [2.75, 3.05) is 25.0 Å². The number of hydrogen-bond acceptors (Lipinski definition) is 9. The Kier molecular flexibility index (Phi) is 13.7. The first-order valence-corrected chi connectivity index (χ1v) is 21.0. The van der Waals surface area contributed by atoms with E-state index in [1.54, 1.807) is 28.5 Å². The van der Waals surface area contributed by atoms with Gasteiger partial charge < -0.3 is 30.7 Å². The molecule has 3 aliphatic rings. The molecule has 2 aromatic carbocycles. The number of alkyl carbamates (subject to hydrolysis) is 1. The normalized spacial score (nSPS) is 20.5. The maximum absolute atomic E-state index is 14.1. The lowest BCUT2D eigenvalue weighted by Crippen LogP contribution is -2.42. The first-order chi connectivity index (χ1) is 29.6. The average molecular weight is 829 g/mol. The van der Waals surface area contributed by atoms with Crippen LogP contribution in [0.25, 0.3) is 10.9 Å². The number of unbranched alkanes of at least 4 members (excludes halogenated alkanes) is 3. The predicted molar refractivity (Wildman–Crippen MR) is 229 cm³/mol. The third-order valence-corrected chi connectivity index (χ3v) is 11.7. The SMILES string of the molecule is C[C@@]1(C(=O)NCC(=O)O)CC/C=C/[C@H](OC(=O)NCCCCCCN2N=C(c3ccc(NC(=O)N4Cc5ccncc5C4)cc3)CC(c3cccc4ncccc34)C2=O)CC1. The standard InChI is InChI=1S/C46H52N8O7/c1-46(43(58)50-28-41(55)56)20-5-4-10-35(18-21-46)61-45(60)49-22-6-2-3-7-25-54-42(57)38(36-11-8-13-39-37(36)12-9-23-48-39)26-40(52-54)31-14-16-34(17-15-31)51-44(59)53-29-32-19-24-47-27-33(32)30-53/h4,8-17,19,23-24,27,35,38H,2-3,5-7,18,20-22,25-26,28-30H2,1H3,(H,49,60)(H,50,58)(H,51,59)(H,55,56)/b10-4+/t35-,38?,46+/m0/s1. The molecular weight excluding hydrogens is 777 g/mol. The molecule has 0 radical (unpaired) electrons. The van der Waals surface area contributed by atoms with Gasteiger partial charge in [0.2, 0.25) is 5.91 Å². The van der Waals surface area contributed by atoms with E-state index >= 15 is 0 Å². The summed E-state index contributed by atoms with van der Waals surface area (Å²) >= 11 is 0. The van der Waals surface area contributed by atoms with E-state index in [-0.39, 0.29) is 17.8 Å². The number of anilines is 1. The molecule has 4 N–H and O–H groups in total. The number of hydrogen-bond donors (Lipinski definition) is 4. The molecule has 2 aromatic heterocycles. The second-order valence-corrected chi connectivity index (χ2v) is 16.1. The molecule has 7 rings (SSSR count). The third kappa shape index (κ3) is 10.8. The molecule has 1 aliphatic carbocycles. The summed E-state index contributed by atoms with van der Waals surface area (Å²) in [6.45, 7) is 3.27. The summed E-state index contributed by atoms with van der Waals surface area (Å²) in [4.78, 5) is 74.0. The second kappa shape index (κ2) is 19.6. The zero-order chi connectivity index (χ0) is 42.8. The molecule has 15 nitrogen and oxygen atoms in total. The van der Waals surface area contributed by atoms with E-state index in [4.69, 9.17) is 14.9 Å². The van der Waals surface area contributed by atoms with Crippen molar-refractivity contribution in [2.24, 2.45) is 10.5 Å². The van der Waals surface area contributed by atoms with Gasteiger partial charge in [-0.1, -0.05) is 56.2 Å². The highest BCUT2D eigenvalue weighted by Gasteiger charge is 2.35. The van der Waals surface area contributed by atoms with Crippen LogP contribution in [0.1, 0.15) is 92.9 Å². The van der Waals surface area contributed by atoms with Crippen LogP contribution >= 0.6 is 0 Å². The van der Waals surface area contributed by atoms with Crippen LogP contribution in [0.15, 0.2) is 96.5 Å². The molecule has 15 heteroatoms. The Labute approximate surface area is 354 Å². The Bertz CT molecular complexity index is 2280. The molecule has 4 aromatic rings. The number of hydrazone groups is 1. The lowest BCUT2D eigenvalue weighted by Gasteiger charge is -2.30. The van der Waals surface area contributed by atoms with Crippen molar-refractivity contribution in [1.82, 2.24) is 30.5 Å². The maximum atomic E-state index is 14.1. The summed E-state index contributed by atoms with van der Waals surface area (Å²) in [6.07, 6.45) is 13.5. The van der Waals surface area contributed by atoms with Crippen LogP contribution in [0.5, 0.6) is 0 Å². The summed E-state index contributed by atoms with van der Waals surface area (Å²) in [6, 6.07) is 19.1. The van der Waals surface area contributed by atoms with E-state index in [1.165, 1.54) is 0 Å².